The smallest absolute Gasteiger partial charge is 0.153 e. The second kappa shape index (κ2) is 4.21. The molecule has 1 aromatic rings. The third-order valence-corrected chi connectivity index (χ3v) is 6.96. The molecular formula is C12H13NO2S3. The molecule has 3 nitrogen and oxygen atoms in total. The maximum absolute atomic E-state index is 11.7. The van der Waals surface area contributed by atoms with Crippen molar-refractivity contribution in [3.63, 3.8) is 0 Å². The summed E-state index contributed by atoms with van der Waals surface area (Å²) in [5, 5.41) is 0.101. The van der Waals surface area contributed by atoms with Gasteiger partial charge in [-0.05, 0) is 19.1 Å². The second-order valence-corrected chi connectivity index (χ2v) is 8.80. The number of sulfone groups is 1. The molecule has 2 heterocycles. The molecule has 2 fully saturated rings. The Kier molecular flexibility index (Phi) is 2.91. The highest BCUT2D eigenvalue weighted by atomic mass is 32.2. The number of benzene rings is 1. The largest absolute Gasteiger partial charge is 0.322 e. The van der Waals surface area contributed by atoms with Crippen molar-refractivity contribution in [3.05, 3.63) is 29.8 Å². The highest BCUT2D eigenvalue weighted by Crippen LogP contribution is 2.40. The van der Waals surface area contributed by atoms with E-state index in [9.17, 15) is 8.42 Å². The van der Waals surface area contributed by atoms with Crippen LogP contribution >= 0.6 is 24.0 Å². The molecule has 0 aliphatic carbocycles. The molecule has 2 aliphatic heterocycles. The van der Waals surface area contributed by atoms with Crippen molar-refractivity contribution in [1.82, 2.24) is 0 Å². The summed E-state index contributed by atoms with van der Waals surface area (Å²) in [5.74, 6) is 0.476. The summed E-state index contributed by atoms with van der Waals surface area (Å²) in [6.45, 7) is 2.03. The lowest BCUT2D eigenvalue weighted by Crippen LogP contribution is -2.36. The van der Waals surface area contributed by atoms with Crippen LogP contribution in [-0.4, -0.2) is 35.5 Å². The SMILES string of the molecule is Cc1ccc(N2C(=S)S[C@H]3CS(=O)(=O)C[C@@H]32)cc1. The normalized spacial score (nSPS) is 29.6. The van der Waals surface area contributed by atoms with Gasteiger partial charge in [0.05, 0.1) is 17.5 Å². The summed E-state index contributed by atoms with van der Waals surface area (Å²) < 4.78 is 24.2. The van der Waals surface area contributed by atoms with Gasteiger partial charge < -0.3 is 4.90 Å². The summed E-state index contributed by atoms with van der Waals surface area (Å²) in [4.78, 5) is 2.01. The Bertz CT molecular complexity index is 594. The van der Waals surface area contributed by atoms with E-state index in [2.05, 4.69) is 0 Å². The van der Waals surface area contributed by atoms with E-state index in [1.54, 1.807) is 0 Å². The lowest BCUT2D eigenvalue weighted by molar-refractivity contribution is 0.601. The monoisotopic (exact) mass is 299 g/mol. The average Bonchev–Trinajstić information content (AvgIpc) is 2.70. The molecule has 2 atom stereocenters. The van der Waals surface area contributed by atoms with Crippen molar-refractivity contribution in [1.29, 1.82) is 0 Å². The topological polar surface area (TPSA) is 37.4 Å². The lowest BCUT2D eigenvalue weighted by atomic mass is 10.1. The first-order valence-corrected chi connectivity index (χ1v) is 8.84. The van der Waals surface area contributed by atoms with Crippen LogP contribution in [-0.2, 0) is 9.84 Å². The highest BCUT2D eigenvalue weighted by Gasteiger charge is 2.48. The van der Waals surface area contributed by atoms with Crippen molar-refractivity contribution in [2.45, 2.75) is 18.2 Å². The van der Waals surface area contributed by atoms with Crippen molar-refractivity contribution >= 4 is 43.8 Å². The summed E-state index contributed by atoms with van der Waals surface area (Å²) in [7, 11) is -2.90. The molecule has 2 aliphatic rings. The minimum atomic E-state index is -2.90. The molecule has 0 unspecified atom stereocenters. The quantitative estimate of drug-likeness (QED) is 0.742. The number of rotatable bonds is 1. The maximum atomic E-state index is 11.7. The molecule has 0 bridgehead atoms. The number of hydrogen-bond acceptors (Lipinski definition) is 4. The second-order valence-electron chi connectivity index (χ2n) is 4.77. The van der Waals surface area contributed by atoms with Crippen molar-refractivity contribution in [3.8, 4) is 0 Å². The zero-order valence-electron chi connectivity index (χ0n) is 9.87. The first kappa shape index (κ1) is 12.4. The van der Waals surface area contributed by atoms with Crippen molar-refractivity contribution < 1.29 is 8.42 Å². The van der Waals surface area contributed by atoms with E-state index in [1.165, 1.54) is 17.3 Å². The van der Waals surface area contributed by atoms with Crippen LogP contribution in [0.25, 0.3) is 0 Å². The number of fused-ring (bicyclic) bond motifs is 1. The fourth-order valence-electron chi connectivity index (χ4n) is 2.47. The van der Waals surface area contributed by atoms with Gasteiger partial charge in [0.2, 0.25) is 0 Å². The van der Waals surface area contributed by atoms with Crippen LogP contribution in [0.2, 0.25) is 0 Å². The molecule has 0 aromatic heterocycles. The molecule has 3 rings (SSSR count). The van der Waals surface area contributed by atoms with Gasteiger partial charge in [-0.25, -0.2) is 8.42 Å². The van der Waals surface area contributed by atoms with Crippen LogP contribution < -0.4 is 4.90 Å². The van der Waals surface area contributed by atoms with Gasteiger partial charge in [0.25, 0.3) is 0 Å². The van der Waals surface area contributed by atoms with Gasteiger partial charge in [-0.15, -0.1) is 0 Å². The van der Waals surface area contributed by atoms with E-state index in [1.807, 2.05) is 36.1 Å². The van der Waals surface area contributed by atoms with Gasteiger partial charge in [-0.3, -0.25) is 0 Å². The number of hydrogen-bond donors (Lipinski definition) is 0. The average molecular weight is 299 g/mol. The molecule has 0 saturated carbocycles. The van der Waals surface area contributed by atoms with E-state index in [0.717, 1.165) is 10.0 Å². The Morgan fingerprint density at radius 2 is 1.94 bits per heavy atom. The predicted molar refractivity (Wildman–Crippen MR) is 80.1 cm³/mol. The maximum Gasteiger partial charge on any atom is 0.153 e. The third-order valence-electron chi connectivity index (χ3n) is 3.36. The molecule has 0 amide bonds. The van der Waals surface area contributed by atoms with E-state index < -0.39 is 9.84 Å². The number of anilines is 1. The Hall–Kier alpha value is -0.590. The van der Waals surface area contributed by atoms with E-state index in [4.69, 9.17) is 12.2 Å². The van der Waals surface area contributed by atoms with Gasteiger partial charge in [-0.2, -0.15) is 0 Å². The molecule has 1 aromatic carbocycles. The standard InChI is InChI=1S/C12H13NO2S3/c1-8-2-4-9(5-3-8)13-10-6-18(14,15)7-11(10)17-12(13)16/h2-5,10-11H,6-7H2,1H3/t10-,11-/m0/s1. The van der Waals surface area contributed by atoms with Gasteiger partial charge in [0.15, 0.2) is 9.84 Å². The zero-order chi connectivity index (χ0) is 12.9. The summed E-state index contributed by atoms with van der Waals surface area (Å²) in [6.07, 6.45) is 0. The van der Waals surface area contributed by atoms with Crippen LogP contribution in [0.1, 0.15) is 5.56 Å². The number of thiocarbonyl (C=S) groups is 1. The summed E-state index contributed by atoms with van der Waals surface area (Å²) in [5.41, 5.74) is 2.19. The van der Waals surface area contributed by atoms with Crippen LogP contribution in [0, 0.1) is 6.92 Å². The molecule has 0 N–H and O–H groups in total. The van der Waals surface area contributed by atoms with E-state index in [0.29, 0.717) is 0 Å². The lowest BCUT2D eigenvalue weighted by Gasteiger charge is -2.24. The first-order valence-electron chi connectivity index (χ1n) is 5.73. The number of nitrogens with zero attached hydrogens (tertiary/aromatic N) is 1. The fraction of sp³-hybridized carbons (Fsp3) is 0.417. The molecule has 6 heteroatoms. The van der Waals surface area contributed by atoms with Crippen LogP contribution in [0.15, 0.2) is 24.3 Å². The highest BCUT2D eigenvalue weighted by molar-refractivity contribution is 8.24. The Labute approximate surface area is 116 Å². The Morgan fingerprint density at radius 1 is 1.28 bits per heavy atom. The summed E-state index contributed by atoms with van der Waals surface area (Å²) in [6, 6.07) is 8.08. The Morgan fingerprint density at radius 3 is 2.61 bits per heavy atom. The fourth-order valence-corrected chi connectivity index (χ4v) is 6.85. The number of aryl methyl sites for hydroxylation is 1. The molecule has 0 radical (unpaired) electrons. The Balaban J connectivity index is 1.96. The molecule has 2 saturated heterocycles. The van der Waals surface area contributed by atoms with Crippen LogP contribution in [0.5, 0.6) is 0 Å². The van der Waals surface area contributed by atoms with E-state index in [-0.39, 0.29) is 22.8 Å². The van der Waals surface area contributed by atoms with Crippen LogP contribution in [0.4, 0.5) is 5.69 Å². The zero-order valence-corrected chi connectivity index (χ0v) is 12.3. The molecular weight excluding hydrogens is 286 g/mol. The first-order chi connectivity index (χ1) is 8.46. The van der Waals surface area contributed by atoms with Crippen molar-refractivity contribution in [2.24, 2.45) is 0 Å². The van der Waals surface area contributed by atoms with Crippen LogP contribution in [0.3, 0.4) is 0 Å². The third kappa shape index (κ3) is 2.06. The van der Waals surface area contributed by atoms with E-state index >= 15 is 0 Å². The molecule has 96 valence electrons. The van der Waals surface area contributed by atoms with Gasteiger partial charge in [0, 0.05) is 10.9 Å². The summed E-state index contributed by atoms with van der Waals surface area (Å²) >= 11 is 6.90. The predicted octanol–water partition coefficient (Wildman–Crippen LogP) is 2.00. The molecule has 0 spiro atoms. The van der Waals surface area contributed by atoms with Gasteiger partial charge >= 0.3 is 0 Å². The minimum absolute atomic E-state index is 0.00945. The van der Waals surface area contributed by atoms with Gasteiger partial charge in [-0.1, -0.05) is 41.7 Å². The van der Waals surface area contributed by atoms with Crippen molar-refractivity contribution in [2.75, 3.05) is 16.4 Å². The molecule has 18 heavy (non-hydrogen) atoms. The minimum Gasteiger partial charge on any atom is -0.322 e. The number of thioether (sulfide) groups is 1. The van der Waals surface area contributed by atoms with Gasteiger partial charge in [0.1, 0.15) is 4.32 Å².